The number of aryl methyl sites for hydroxylation is 1. The fraction of sp³-hybridized carbons (Fsp3) is 0.300. The van der Waals surface area contributed by atoms with E-state index >= 15 is 0 Å². The predicted octanol–water partition coefficient (Wildman–Crippen LogP) is 3.75. The van der Waals surface area contributed by atoms with Crippen LogP contribution in [-0.4, -0.2) is 36.0 Å². The number of hydrogen-bond acceptors (Lipinski definition) is 5. The minimum atomic E-state index is -3.63. The molecule has 0 radical (unpaired) electrons. The van der Waals surface area contributed by atoms with E-state index in [0.717, 1.165) is 23.3 Å². The molecule has 0 saturated carbocycles. The number of benzene rings is 2. The van der Waals surface area contributed by atoms with E-state index in [2.05, 4.69) is 10.2 Å². The van der Waals surface area contributed by atoms with Crippen molar-refractivity contribution in [2.75, 3.05) is 13.1 Å². The minimum absolute atomic E-state index is 0.0198. The summed E-state index contributed by atoms with van der Waals surface area (Å²) in [6.45, 7) is 2.72. The van der Waals surface area contributed by atoms with Crippen molar-refractivity contribution < 1.29 is 17.2 Å². The average molecular weight is 401 g/mol. The Bertz CT molecular complexity index is 1050. The lowest BCUT2D eigenvalue weighted by atomic mass is 9.98. The first-order chi connectivity index (χ1) is 13.4. The Morgan fingerprint density at radius 2 is 1.64 bits per heavy atom. The lowest BCUT2D eigenvalue weighted by Gasteiger charge is -2.29. The molecule has 0 amide bonds. The number of sulfonamides is 1. The smallest absolute Gasteiger partial charge is 0.247 e. The van der Waals surface area contributed by atoms with Gasteiger partial charge in [-0.25, -0.2) is 12.8 Å². The summed E-state index contributed by atoms with van der Waals surface area (Å²) in [5.41, 5.74) is 2.01. The van der Waals surface area contributed by atoms with Crippen LogP contribution in [0, 0.1) is 12.7 Å². The molecule has 2 heterocycles. The molecule has 0 bridgehead atoms. The summed E-state index contributed by atoms with van der Waals surface area (Å²) in [7, 11) is -3.63. The van der Waals surface area contributed by atoms with E-state index in [0.29, 0.717) is 37.7 Å². The first-order valence-corrected chi connectivity index (χ1v) is 10.5. The molecule has 0 atom stereocenters. The maximum absolute atomic E-state index is 13.1. The zero-order valence-corrected chi connectivity index (χ0v) is 16.2. The minimum Gasteiger partial charge on any atom is -0.420 e. The van der Waals surface area contributed by atoms with Gasteiger partial charge in [-0.3, -0.25) is 0 Å². The molecular formula is C20H20FN3O3S. The van der Waals surface area contributed by atoms with Gasteiger partial charge >= 0.3 is 0 Å². The van der Waals surface area contributed by atoms with Crippen molar-refractivity contribution >= 4 is 10.0 Å². The third-order valence-corrected chi connectivity index (χ3v) is 6.91. The Morgan fingerprint density at radius 1 is 1.00 bits per heavy atom. The number of rotatable bonds is 4. The van der Waals surface area contributed by atoms with E-state index in [-0.39, 0.29) is 10.8 Å². The van der Waals surface area contributed by atoms with E-state index in [1.165, 1.54) is 16.4 Å². The van der Waals surface area contributed by atoms with Gasteiger partial charge in [-0.05, 0) is 56.2 Å². The molecule has 1 fully saturated rings. The molecule has 146 valence electrons. The molecule has 2 aromatic carbocycles. The van der Waals surface area contributed by atoms with Crippen LogP contribution < -0.4 is 0 Å². The quantitative estimate of drug-likeness (QED) is 0.665. The highest BCUT2D eigenvalue weighted by Crippen LogP contribution is 2.31. The Morgan fingerprint density at radius 3 is 2.29 bits per heavy atom. The highest BCUT2D eigenvalue weighted by molar-refractivity contribution is 7.89. The molecule has 1 aromatic heterocycles. The predicted molar refractivity (Wildman–Crippen MR) is 102 cm³/mol. The topological polar surface area (TPSA) is 76.3 Å². The van der Waals surface area contributed by atoms with Gasteiger partial charge in [-0.1, -0.05) is 17.7 Å². The summed E-state index contributed by atoms with van der Waals surface area (Å²) in [6, 6.07) is 12.7. The van der Waals surface area contributed by atoms with Crippen LogP contribution >= 0.6 is 0 Å². The SMILES string of the molecule is Cc1ccc(-c2nnc(C3CCN(S(=O)(=O)c4ccc(F)cc4)CC3)o2)cc1. The molecule has 6 nitrogen and oxygen atoms in total. The van der Waals surface area contributed by atoms with Gasteiger partial charge in [0, 0.05) is 24.6 Å². The molecule has 0 unspecified atom stereocenters. The van der Waals surface area contributed by atoms with E-state index in [4.69, 9.17) is 4.42 Å². The van der Waals surface area contributed by atoms with Gasteiger partial charge in [0.25, 0.3) is 0 Å². The van der Waals surface area contributed by atoms with Crippen molar-refractivity contribution in [2.45, 2.75) is 30.6 Å². The summed E-state index contributed by atoms with van der Waals surface area (Å²) in [6.07, 6.45) is 1.19. The highest BCUT2D eigenvalue weighted by atomic mass is 32.2. The largest absolute Gasteiger partial charge is 0.420 e. The van der Waals surface area contributed by atoms with Crippen molar-refractivity contribution in [3.8, 4) is 11.5 Å². The number of aromatic nitrogens is 2. The number of hydrogen-bond donors (Lipinski definition) is 0. The second-order valence-electron chi connectivity index (χ2n) is 6.94. The Kier molecular flexibility index (Phi) is 4.99. The molecule has 28 heavy (non-hydrogen) atoms. The molecule has 1 aliphatic heterocycles. The van der Waals surface area contributed by atoms with Crippen LogP contribution in [0.25, 0.3) is 11.5 Å². The van der Waals surface area contributed by atoms with Gasteiger partial charge in [-0.15, -0.1) is 10.2 Å². The Labute approximate surface area is 163 Å². The van der Waals surface area contributed by atoms with Gasteiger partial charge in [0.15, 0.2) is 0 Å². The van der Waals surface area contributed by atoms with Crippen LogP contribution in [0.2, 0.25) is 0 Å². The van der Waals surface area contributed by atoms with Gasteiger partial charge in [0.1, 0.15) is 5.82 Å². The number of halogens is 1. The van der Waals surface area contributed by atoms with Crippen molar-refractivity contribution in [3.63, 3.8) is 0 Å². The second kappa shape index (κ2) is 7.44. The van der Waals surface area contributed by atoms with E-state index in [9.17, 15) is 12.8 Å². The van der Waals surface area contributed by atoms with Crippen LogP contribution in [0.15, 0.2) is 57.8 Å². The summed E-state index contributed by atoms with van der Waals surface area (Å²) in [4.78, 5) is 0.104. The monoisotopic (exact) mass is 401 g/mol. The van der Waals surface area contributed by atoms with Crippen molar-refractivity contribution in [3.05, 3.63) is 65.8 Å². The van der Waals surface area contributed by atoms with Crippen molar-refractivity contribution in [2.24, 2.45) is 0 Å². The summed E-state index contributed by atoms with van der Waals surface area (Å²) >= 11 is 0. The van der Waals surface area contributed by atoms with Gasteiger partial charge in [-0.2, -0.15) is 4.31 Å². The van der Waals surface area contributed by atoms with E-state index < -0.39 is 15.8 Å². The highest BCUT2D eigenvalue weighted by Gasteiger charge is 2.32. The summed E-state index contributed by atoms with van der Waals surface area (Å²) in [5.74, 6) is 0.565. The maximum atomic E-state index is 13.1. The Balaban J connectivity index is 1.44. The summed E-state index contributed by atoms with van der Waals surface area (Å²) < 4.78 is 45.7. The first-order valence-electron chi connectivity index (χ1n) is 9.09. The van der Waals surface area contributed by atoms with Crippen LogP contribution in [-0.2, 0) is 10.0 Å². The number of nitrogens with zero attached hydrogens (tertiary/aromatic N) is 3. The first kappa shape index (κ1) is 18.8. The molecule has 1 aliphatic rings. The maximum Gasteiger partial charge on any atom is 0.247 e. The van der Waals surface area contributed by atoms with Crippen LogP contribution in [0.4, 0.5) is 4.39 Å². The van der Waals surface area contributed by atoms with Gasteiger partial charge in [0.05, 0.1) is 4.90 Å². The zero-order chi connectivity index (χ0) is 19.7. The number of piperidine rings is 1. The van der Waals surface area contributed by atoms with Crippen LogP contribution in [0.1, 0.15) is 30.2 Å². The molecule has 1 saturated heterocycles. The van der Waals surface area contributed by atoms with Crippen LogP contribution in [0.3, 0.4) is 0 Å². The molecule has 8 heteroatoms. The van der Waals surface area contributed by atoms with E-state index in [1.54, 1.807) is 0 Å². The Hall–Kier alpha value is -2.58. The lowest BCUT2D eigenvalue weighted by Crippen LogP contribution is -2.37. The third-order valence-electron chi connectivity index (χ3n) is 4.99. The molecular weight excluding hydrogens is 381 g/mol. The van der Waals surface area contributed by atoms with Gasteiger partial charge < -0.3 is 4.42 Å². The molecule has 0 aliphatic carbocycles. The molecule has 4 rings (SSSR count). The summed E-state index contributed by atoms with van der Waals surface area (Å²) in [5, 5.41) is 8.30. The molecule has 0 N–H and O–H groups in total. The standard InChI is InChI=1S/C20H20FN3O3S/c1-14-2-4-15(5-3-14)19-22-23-20(27-19)16-10-12-24(13-11-16)28(25,26)18-8-6-17(21)7-9-18/h2-9,16H,10-13H2,1H3. The molecule has 0 spiro atoms. The second-order valence-corrected chi connectivity index (χ2v) is 8.88. The van der Waals surface area contributed by atoms with E-state index in [1.807, 2.05) is 31.2 Å². The fourth-order valence-electron chi connectivity index (χ4n) is 3.31. The van der Waals surface area contributed by atoms with Crippen LogP contribution in [0.5, 0.6) is 0 Å². The lowest BCUT2D eigenvalue weighted by molar-refractivity contribution is 0.291. The normalized spacial score (nSPS) is 16.4. The van der Waals surface area contributed by atoms with Crippen molar-refractivity contribution in [1.82, 2.24) is 14.5 Å². The molecule has 3 aromatic rings. The van der Waals surface area contributed by atoms with Gasteiger partial charge in [0.2, 0.25) is 21.8 Å². The average Bonchev–Trinajstić information content (AvgIpc) is 3.19. The fourth-order valence-corrected chi connectivity index (χ4v) is 4.78. The van der Waals surface area contributed by atoms with Crippen molar-refractivity contribution in [1.29, 1.82) is 0 Å². The third kappa shape index (κ3) is 3.70. The zero-order valence-electron chi connectivity index (χ0n) is 15.4.